The highest BCUT2D eigenvalue weighted by molar-refractivity contribution is 7.94. The number of amides is 1. The number of anilines is 1. The van der Waals surface area contributed by atoms with Crippen molar-refractivity contribution in [3.05, 3.63) is 93.0 Å². The number of halogens is 11. The van der Waals surface area contributed by atoms with Crippen LogP contribution in [0.1, 0.15) is 98.7 Å². The molecule has 9 rings (SSSR count). The maximum absolute atomic E-state index is 15.6. The van der Waals surface area contributed by atoms with Gasteiger partial charge in [0.2, 0.25) is 15.9 Å². The molecule has 4 aliphatic carbocycles. The number of hydrogen-bond donors (Lipinski definition) is 2. The van der Waals surface area contributed by atoms with Crippen LogP contribution in [-0.4, -0.2) is 68.2 Å². The number of carbonyl (C=O) groups excluding carboxylic acids is 1. The summed E-state index contributed by atoms with van der Waals surface area (Å²) in [7, 11) is -8.09. The standard InChI is InChI=1S/C44H38ClF10N7O5S2/c1-40(2,68(64,65)25-5-6-25)11-10-24-4-7-26(27-8-9-30(45)34-36(27)62(20-42(48,49)50)59-39(34)60-69(66,67)41(3)12-13-41)35(56-24)31(16-21-14-22(46)17-23(47)15-21)57-32(63)19-61-38-33(37(58-61)44(53,54)55)28-18-29(28)43(38,51)52/h4,7-9,14-15,17,25,28-29,31H,5-6,12-13,16,18-20H2,1-3H3,(H,57,63)(H,59,60)/t28-,29+,31-/m0/s1. The maximum Gasteiger partial charge on any atom is 0.435 e. The molecule has 2 aromatic carbocycles. The van der Waals surface area contributed by atoms with E-state index < -0.39 is 136 Å². The van der Waals surface area contributed by atoms with E-state index in [1.54, 1.807) is 0 Å². The molecule has 0 aliphatic heterocycles. The number of sulfonamides is 1. The summed E-state index contributed by atoms with van der Waals surface area (Å²) in [6.45, 7) is 1.07. The third-order valence-corrected chi connectivity index (χ3v) is 18.3. The van der Waals surface area contributed by atoms with Crippen molar-refractivity contribution in [1.82, 2.24) is 29.9 Å². The fraction of sp³-hybridized carbons (Fsp3) is 0.455. The van der Waals surface area contributed by atoms with Crippen LogP contribution in [0.25, 0.3) is 22.0 Å². The number of rotatable bonds is 13. The Morgan fingerprint density at radius 1 is 0.942 bits per heavy atom. The molecule has 3 heterocycles. The fourth-order valence-electron chi connectivity index (χ4n) is 8.82. The van der Waals surface area contributed by atoms with Gasteiger partial charge in [-0.15, -0.1) is 0 Å². The first-order valence-corrected chi connectivity index (χ1v) is 24.7. The molecule has 3 atom stereocenters. The van der Waals surface area contributed by atoms with E-state index in [0.29, 0.717) is 23.6 Å². The molecule has 3 aromatic heterocycles. The topological polar surface area (TPSA) is 158 Å². The molecule has 0 saturated heterocycles. The Kier molecular flexibility index (Phi) is 11.3. The first-order valence-electron chi connectivity index (χ1n) is 21.3. The van der Waals surface area contributed by atoms with E-state index in [4.69, 9.17) is 11.6 Å². The zero-order chi connectivity index (χ0) is 50.2. The van der Waals surface area contributed by atoms with E-state index in [0.717, 1.165) is 12.1 Å². The van der Waals surface area contributed by atoms with E-state index in [1.807, 2.05) is 0 Å². The first-order chi connectivity index (χ1) is 31.9. The highest BCUT2D eigenvalue weighted by Gasteiger charge is 2.68. The lowest BCUT2D eigenvalue weighted by atomic mass is 9.93. The number of carbonyl (C=O) groups is 1. The smallest absolute Gasteiger partial charge is 0.346 e. The number of pyridine rings is 1. The van der Waals surface area contributed by atoms with Crippen LogP contribution < -0.4 is 10.0 Å². The van der Waals surface area contributed by atoms with E-state index in [2.05, 4.69) is 37.1 Å². The predicted molar refractivity (Wildman–Crippen MR) is 230 cm³/mol. The number of nitrogens with zero attached hydrogens (tertiary/aromatic N) is 5. The van der Waals surface area contributed by atoms with Crippen molar-refractivity contribution in [3.8, 4) is 23.0 Å². The molecule has 1 amide bonds. The quantitative estimate of drug-likeness (QED) is 0.0874. The lowest BCUT2D eigenvalue weighted by Gasteiger charge is -2.23. The minimum atomic E-state index is -5.19. The molecular formula is C44H38ClF10N7O5S2. The van der Waals surface area contributed by atoms with Gasteiger partial charge in [-0.3, -0.25) is 18.9 Å². The molecular weight excluding hydrogens is 996 g/mol. The van der Waals surface area contributed by atoms with Crippen molar-refractivity contribution in [1.29, 1.82) is 0 Å². The number of benzene rings is 2. The average Bonchev–Trinajstić information content (AvgIpc) is 4.15. The largest absolute Gasteiger partial charge is 0.435 e. The molecule has 368 valence electrons. The highest BCUT2D eigenvalue weighted by Crippen LogP contribution is 2.68. The first kappa shape index (κ1) is 48.6. The summed E-state index contributed by atoms with van der Waals surface area (Å²) in [6.07, 6.45) is -9.76. The normalized spacial score (nSPS) is 19.9. The summed E-state index contributed by atoms with van der Waals surface area (Å²) in [5.74, 6) is -5.10. The summed E-state index contributed by atoms with van der Waals surface area (Å²) >= 11 is 6.61. The number of hydrogen-bond acceptors (Lipinski definition) is 8. The second-order valence-electron chi connectivity index (χ2n) is 18.6. The van der Waals surface area contributed by atoms with E-state index >= 15 is 8.78 Å². The lowest BCUT2D eigenvalue weighted by molar-refractivity contribution is -0.142. The Hall–Kier alpha value is -5.41. The predicted octanol–water partition coefficient (Wildman–Crippen LogP) is 9.12. The third kappa shape index (κ3) is 8.91. The number of fused-ring (bicyclic) bond motifs is 4. The minimum Gasteiger partial charge on any atom is -0.346 e. The van der Waals surface area contributed by atoms with Crippen LogP contribution in [0.15, 0.2) is 42.5 Å². The zero-order valence-corrected chi connectivity index (χ0v) is 38.6. The minimum absolute atomic E-state index is 0.174. The van der Waals surface area contributed by atoms with Gasteiger partial charge in [-0.05, 0) is 107 Å². The van der Waals surface area contributed by atoms with Crippen molar-refractivity contribution in [2.24, 2.45) is 5.92 Å². The molecule has 0 spiro atoms. The summed E-state index contributed by atoms with van der Waals surface area (Å²) < 4.78 is 200. The van der Waals surface area contributed by atoms with Gasteiger partial charge in [0.15, 0.2) is 21.3 Å². The van der Waals surface area contributed by atoms with E-state index in [-0.39, 0.29) is 62.4 Å². The van der Waals surface area contributed by atoms with E-state index in [1.165, 1.54) is 45.0 Å². The summed E-state index contributed by atoms with van der Waals surface area (Å²) in [5, 5.41) is 8.67. The molecule has 3 saturated carbocycles. The van der Waals surface area contributed by atoms with Crippen LogP contribution in [0.5, 0.6) is 0 Å². The zero-order valence-electron chi connectivity index (χ0n) is 36.3. The van der Waals surface area contributed by atoms with Crippen LogP contribution in [0.3, 0.4) is 0 Å². The Morgan fingerprint density at radius 2 is 1.59 bits per heavy atom. The monoisotopic (exact) mass is 1030 g/mol. The molecule has 3 fully saturated rings. The van der Waals surface area contributed by atoms with Gasteiger partial charge in [0, 0.05) is 28.7 Å². The van der Waals surface area contributed by atoms with Crippen molar-refractivity contribution in [2.45, 2.75) is 117 Å². The summed E-state index contributed by atoms with van der Waals surface area (Å²) in [5.41, 5.74) is -5.00. The van der Waals surface area contributed by atoms with Gasteiger partial charge in [0.05, 0.1) is 37.7 Å². The van der Waals surface area contributed by atoms with Crippen LogP contribution in [0, 0.1) is 29.4 Å². The summed E-state index contributed by atoms with van der Waals surface area (Å²) in [6, 6.07) is 5.47. The van der Waals surface area contributed by atoms with Crippen LogP contribution >= 0.6 is 11.6 Å². The van der Waals surface area contributed by atoms with Crippen LogP contribution in [-0.2, 0) is 56.3 Å². The van der Waals surface area contributed by atoms with Gasteiger partial charge in [-0.25, -0.2) is 30.6 Å². The van der Waals surface area contributed by atoms with Gasteiger partial charge in [-0.1, -0.05) is 23.6 Å². The van der Waals surface area contributed by atoms with Gasteiger partial charge < -0.3 is 5.32 Å². The third-order valence-electron chi connectivity index (χ3n) is 12.9. The van der Waals surface area contributed by atoms with Crippen LogP contribution in [0.2, 0.25) is 5.02 Å². The second kappa shape index (κ2) is 16.1. The number of aromatic nitrogens is 5. The van der Waals surface area contributed by atoms with Crippen molar-refractivity contribution < 1.29 is 65.5 Å². The molecule has 25 heteroatoms. The van der Waals surface area contributed by atoms with Gasteiger partial charge >= 0.3 is 12.4 Å². The molecule has 12 nitrogen and oxygen atoms in total. The lowest BCUT2D eigenvalue weighted by Crippen LogP contribution is -2.35. The molecule has 0 bridgehead atoms. The summed E-state index contributed by atoms with van der Waals surface area (Å²) in [4.78, 5) is 18.8. The van der Waals surface area contributed by atoms with Crippen molar-refractivity contribution in [3.63, 3.8) is 0 Å². The Morgan fingerprint density at radius 3 is 2.20 bits per heavy atom. The molecule has 69 heavy (non-hydrogen) atoms. The molecule has 0 radical (unpaired) electrons. The Bertz CT molecular complexity index is 3260. The van der Waals surface area contributed by atoms with E-state index in [9.17, 15) is 56.8 Å². The number of sulfone groups is 1. The van der Waals surface area contributed by atoms with Crippen molar-refractivity contribution in [2.75, 3.05) is 4.72 Å². The molecule has 2 N–H and O–H groups in total. The molecule has 5 aromatic rings. The van der Waals surface area contributed by atoms with Gasteiger partial charge in [-0.2, -0.15) is 45.3 Å². The maximum atomic E-state index is 15.6. The van der Waals surface area contributed by atoms with Crippen molar-refractivity contribution >= 4 is 54.1 Å². The molecule has 4 aliphatic rings. The SMILES string of the molecule is CC1(S(=O)(=O)Nc2nn(CC(F)(F)F)c3c(-c4ccc(C#CC(C)(C)S(=O)(=O)C5CC5)nc4[C@H](Cc4cc(F)cc(F)c4)NC(=O)Cn4nc(C(F)(F)F)c5c4C(F)(F)[C@@H]4C[C@H]54)ccc(Cl)c23)CC1. The Balaban J connectivity index is 1.23. The van der Waals surface area contributed by atoms with Gasteiger partial charge in [0.1, 0.15) is 40.9 Å². The molecule has 0 unspecified atom stereocenters. The van der Waals surface area contributed by atoms with Crippen LogP contribution in [0.4, 0.5) is 49.7 Å². The Labute approximate surface area is 392 Å². The second-order valence-corrected chi connectivity index (χ2v) is 24.0. The average molecular weight is 1030 g/mol. The van der Waals surface area contributed by atoms with Gasteiger partial charge in [0.25, 0.3) is 5.92 Å². The number of nitrogens with one attached hydrogen (secondary N) is 2. The fourth-order valence-corrected chi connectivity index (χ4v) is 12.1. The highest BCUT2D eigenvalue weighted by atomic mass is 35.5. The number of alkyl halides is 8.